The summed E-state index contributed by atoms with van der Waals surface area (Å²) in [7, 11) is 0. The van der Waals surface area contributed by atoms with Crippen LogP contribution in [-0.2, 0) is 6.42 Å². The van der Waals surface area contributed by atoms with Gasteiger partial charge in [-0.2, -0.15) is 0 Å². The molecule has 1 N–H and O–H groups in total. The van der Waals surface area contributed by atoms with E-state index in [1.807, 2.05) is 6.07 Å². The number of rotatable bonds is 0. The van der Waals surface area contributed by atoms with Crippen LogP contribution in [0.2, 0.25) is 0 Å². The summed E-state index contributed by atoms with van der Waals surface area (Å²) in [6, 6.07) is 5.78. The molecule has 134 valence electrons. The van der Waals surface area contributed by atoms with E-state index in [-0.39, 0.29) is 10.8 Å². The van der Waals surface area contributed by atoms with Gasteiger partial charge in [0, 0.05) is 15.5 Å². The van der Waals surface area contributed by atoms with Crippen molar-refractivity contribution < 1.29 is 5.11 Å². The van der Waals surface area contributed by atoms with Crippen LogP contribution in [0, 0.1) is 10.8 Å². The summed E-state index contributed by atoms with van der Waals surface area (Å²) in [4.78, 5) is 0. The smallest absolute Gasteiger partial charge is 0.115 e. The van der Waals surface area contributed by atoms with Gasteiger partial charge >= 0.3 is 0 Å². The predicted octanol–water partition coefficient (Wildman–Crippen LogP) is 7.38. The van der Waals surface area contributed by atoms with Crippen molar-refractivity contribution in [2.75, 3.05) is 0 Å². The average molecular weight is 418 g/mol. The van der Waals surface area contributed by atoms with Gasteiger partial charge in [-0.1, -0.05) is 59.4 Å². The lowest BCUT2D eigenvalue weighted by atomic mass is 9.52. The fraction of sp³-hybridized carbons (Fsp3) is 0.500. The summed E-state index contributed by atoms with van der Waals surface area (Å²) in [5.74, 6) is 0.717. The number of phenolic OH excluding ortho intramolecular Hbond substituents is 1. The summed E-state index contributed by atoms with van der Waals surface area (Å²) in [5.41, 5.74) is 2.60. The van der Waals surface area contributed by atoms with E-state index in [9.17, 15) is 5.11 Å². The normalized spacial score (nSPS) is 35.0. The lowest BCUT2D eigenvalue weighted by Gasteiger charge is -2.54. The lowest BCUT2D eigenvalue weighted by Crippen LogP contribution is -2.42. The summed E-state index contributed by atoms with van der Waals surface area (Å²) < 4.78 is 0. The van der Waals surface area contributed by atoms with Crippen molar-refractivity contribution in [3.8, 4) is 5.75 Å². The van der Waals surface area contributed by atoms with Crippen molar-refractivity contribution in [3.05, 3.63) is 49.5 Å². The van der Waals surface area contributed by atoms with Gasteiger partial charge in [0.2, 0.25) is 0 Å². The molecule has 0 bridgehead atoms. The van der Waals surface area contributed by atoms with Gasteiger partial charge in [0.15, 0.2) is 0 Å². The first-order valence-electron chi connectivity index (χ1n) is 8.68. The first-order valence-corrected chi connectivity index (χ1v) is 10.2. The minimum Gasteiger partial charge on any atom is -0.508 e. The molecule has 0 aromatic heterocycles. The van der Waals surface area contributed by atoms with E-state index in [0.29, 0.717) is 38.2 Å². The summed E-state index contributed by atoms with van der Waals surface area (Å²) in [6.07, 6.45) is 5.77. The zero-order valence-corrected chi connectivity index (χ0v) is 17.0. The van der Waals surface area contributed by atoms with Crippen LogP contribution in [-0.4, -0.2) is 5.11 Å². The van der Waals surface area contributed by atoms with E-state index in [1.54, 1.807) is 6.07 Å². The minimum atomic E-state index is -0.231. The van der Waals surface area contributed by atoms with Crippen LogP contribution < -0.4 is 0 Å². The van der Waals surface area contributed by atoms with E-state index < -0.39 is 0 Å². The molecule has 1 saturated carbocycles. The monoisotopic (exact) mass is 416 g/mol. The molecule has 1 nitrogen and oxygen atoms in total. The standard InChI is InChI=1S/C20H20Cl4O/c1-19-5-4-11-8-12(25)2-3-13(11)14(19)9-20(7-6-19)10-15(21)16(22)17(23)18(20)24/h2-3,8,14,25H,4-7,9-10H2,1H3/t14-,19+,20-/m1/s1. The van der Waals surface area contributed by atoms with Crippen molar-refractivity contribution in [2.24, 2.45) is 10.8 Å². The second-order valence-corrected chi connectivity index (χ2v) is 9.69. The summed E-state index contributed by atoms with van der Waals surface area (Å²) in [5, 5.41) is 11.9. The zero-order valence-electron chi connectivity index (χ0n) is 14.0. The second-order valence-electron chi connectivity index (χ2n) is 8.10. The molecule has 3 aliphatic rings. The Balaban J connectivity index is 1.78. The molecule has 0 heterocycles. The van der Waals surface area contributed by atoms with Gasteiger partial charge in [0.1, 0.15) is 5.75 Å². The van der Waals surface area contributed by atoms with Crippen molar-refractivity contribution >= 4 is 46.4 Å². The third-order valence-corrected chi connectivity index (χ3v) is 8.66. The first kappa shape index (κ1) is 18.0. The number of allylic oxidation sites excluding steroid dienone is 4. The third-order valence-electron chi connectivity index (χ3n) is 6.66. The topological polar surface area (TPSA) is 20.2 Å². The Morgan fingerprint density at radius 3 is 2.56 bits per heavy atom. The van der Waals surface area contributed by atoms with Crippen molar-refractivity contribution in [3.63, 3.8) is 0 Å². The van der Waals surface area contributed by atoms with Crippen LogP contribution in [0.3, 0.4) is 0 Å². The molecule has 0 radical (unpaired) electrons. The minimum absolute atomic E-state index is 0.231. The molecule has 0 saturated heterocycles. The highest BCUT2D eigenvalue weighted by atomic mass is 35.5. The Bertz CT molecular complexity index is 812. The quantitative estimate of drug-likeness (QED) is 0.466. The van der Waals surface area contributed by atoms with Crippen molar-refractivity contribution in [1.82, 2.24) is 0 Å². The SMILES string of the molecule is C[C@@]12CCc3cc(O)ccc3[C@H]1C[C@]1(CC2)CC(Cl)=C(Cl)C(Cl)=C1Cl. The van der Waals surface area contributed by atoms with Crippen LogP contribution in [0.25, 0.3) is 0 Å². The van der Waals surface area contributed by atoms with Crippen LogP contribution in [0.15, 0.2) is 38.3 Å². The number of aromatic hydroxyl groups is 1. The molecule has 1 aromatic rings. The Kier molecular flexibility index (Phi) is 4.40. The molecule has 0 unspecified atom stereocenters. The first-order chi connectivity index (χ1) is 11.8. The highest BCUT2D eigenvalue weighted by Crippen LogP contribution is 2.65. The third kappa shape index (κ3) is 2.74. The van der Waals surface area contributed by atoms with Crippen LogP contribution in [0.4, 0.5) is 0 Å². The Morgan fingerprint density at radius 2 is 1.80 bits per heavy atom. The number of phenols is 1. The van der Waals surface area contributed by atoms with Crippen LogP contribution >= 0.6 is 46.4 Å². The molecule has 4 rings (SSSR count). The fourth-order valence-electron chi connectivity index (χ4n) is 5.05. The summed E-state index contributed by atoms with van der Waals surface area (Å²) in [6.45, 7) is 2.38. The van der Waals surface area contributed by atoms with E-state index in [0.717, 1.165) is 32.1 Å². The number of halogens is 4. The molecule has 0 aliphatic heterocycles. The Hall–Kier alpha value is -0.340. The van der Waals surface area contributed by atoms with E-state index in [1.165, 1.54) is 11.1 Å². The number of benzene rings is 1. The predicted molar refractivity (Wildman–Crippen MR) is 106 cm³/mol. The Labute approximate surface area is 168 Å². The highest BCUT2D eigenvalue weighted by Gasteiger charge is 2.52. The molecule has 1 aromatic carbocycles. The maximum atomic E-state index is 9.85. The lowest BCUT2D eigenvalue weighted by molar-refractivity contribution is 0.0733. The van der Waals surface area contributed by atoms with Gasteiger partial charge < -0.3 is 5.11 Å². The molecule has 1 fully saturated rings. The van der Waals surface area contributed by atoms with Gasteiger partial charge in [-0.15, -0.1) is 0 Å². The number of hydrogen-bond acceptors (Lipinski definition) is 1. The van der Waals surface area contributed by atoms with Gasteiger partial charge in [-0.05, 0) is 73.1 Å². The van der Waals surface area contributed by atoms with E-state index in [2.05, 4.69) is 13.0 Å². The molecule has 5 heteroatoms. The van der Waals surface area contributed by atoms with Crippen LogP contribution in [0.1, 0.15) is 56.1 Å². The van der Waals surface area contributed by atoms with Crippen molar-refractivity contribution in [1.29, 1.82) is 0 Å². The zero-order chi connectivity index (χ0) is 18.0. The number of aryl methyl sites for hydroxylation is 1. The van der Waals surface area contributed by atoms with Gasteiger partial charge in [-0.25, -0.2) is 0 Å². The van der Waals surface area contributed by atoms with Gasteiger partial charge in [0.05, 0.1) is 10.1 Å². The number of hydrogen-bond donors (Lipinski definition) is 1. The van der Waals surface area contributed by atoms with Gasteiger partial charge in [0.25, 0.3) is 0 Å². The molecular formula is C20H20Cl4O. The number of fused-ring (bicyclic) bond motifs is 3. The fourth-order valence-corrected chi connectivity index (χ4v) is 6.31. The van der Waals surface area contributed by atoms with E-state index >= 15 is 0 Å². The second kappa shape index (κ2) is 6.09. The highest BCUT2D eigenvalue weighted by molar-refractivity contribution is 6.51. The van der Waals surface area contributed by atoms with E-state index in [4.69, 9.17) is 46.4 Å². The molecular weight excluding hydrogens is 398 g/mol. The van der Waals surface area contributed by atoms with Gasteiger partial charge in [-0.3, -0.25) is 0 Å². The molecule has 3 aliphatic carbocycles. The molecule has 25 heavy (non-hydrogen) atoms. The van der Waals surface area contributed by atoms with Crippen molar-refractivity contribution in [2.45, 2.75) is 51.4 Å². The molecule has 1 spiro atoms. The largest absolute Gasteiger partial charge is 0.508 e. The maximum Gasteiger partial charge on any atom is 0.115 e. The summed E-state index contributed by atoms with van der Waals surface area (Å²) >= 11 is 25.8. The molecule has 3 atom stereocenters. The Morgan fingerprint density at radius 1 is 1.04 bits per heavy atom. The maximum absolute atomic E-state index is 9.85. The van der Waals surface area contributed by atoms with Crippen LogP contribution in [0.5, 0.6) is 5.75 Å². The molecule has 0 amide bonds. The average Bonchev–Trinajstić information content (AvgIpc) is 2.59.